The Morgan fingerprint density at radius 2 is 1.85 bits per heavy atom. The smallest absolute Gasteiger partial charge is 0.317 e. The number of ether oxygens (including phenoxy) is 5. The summed E-state index contributed by atoms with van der Waals surface area (Å²) in [5, 5.41) is 0. The number of benzene rings is 2. The molecular weight excluding hydrogens is 468 g/mol. The van der Waals surface area contributed by atoms with Crippen molar-refractivity contribution in [1.82, 2.24) is 0 Å². The second-order valence-corrected chi connectivity index (χ2v) is 9.59. The van der Waals surface area contributed by atoms with Crippen LogP contribution in [0.15, 0.2) is 36.4 Å². The second-order valence-electron chi connectivity index (χ2n) is 8.01. The lowest BCUT2D eigenvalue weighted by Crippen LogP contribution is -2.27. The van der Waals surface area contributed by atoms with Gasteiger partial charge in [-0.25, -0.2) is 0 Å². The third-order valence-electron chi connectivity index (χ3n) is 5.53. The number of ketones is 1. The molecule has 0 aromatic heterocycles. The van der Waals surface area contributed by atoms with Gasteiger partial charge in [-0.15, -0.1) is 0 Å². The maximum Gasteiger partial charge on any atom is 0.317 e. The SMILES string of the molecule is COc1cc([C@H]2OC(=O)C(C(C)=O)[C@@H]2COCc2ccc3c(c2)OCO3)ccc1OS(C)(=O)=O. The van der Waals surface area contributed by atoms with Crippen molar-refractivity contribution in [2.45, 2.75) is 19.6 Å². The summed E-state index contributed by atoms with van der Waals surface area (Å²) in [5.41, 5.74) is 1.36. The van der Waals surface area contributed by atoms with Gasteiger partial charge in [0, 0.05) is 5.92 Å². The molecule has 2 aromatic carbocycles. The Bertz CT molecular complexity index is 1210. The van der Waals surface area contributed by atoms with Crippen molar-refractivity contribution in [2.24, 2.45) is 11.8 Å². The molecule has 0 radical (unpaired) electrons. The van der Waals surface area contributed by atoms with Crippen molar-refractivity contribution >= 4 is 21.9 Å². The lowest BCUT2D eigenvalue weighted by atomic mass is 9.85. The van der Waals surface area contributed by atoms with Crippen LogP contribution in [-0.4, -0.2) is 46.9 Å². The van der Waals surface area contributed by atoms with Crippen LogP contribution >= 0.6 is 0 Å². The quantitative estimate of drug-likeness (QED) is 0.293. The van der Waals surface area contributed by atoms with Gasteiger partial charge in [-0.2, -0.15) is 8.42 Å². The van der Waals surface area contributed by atoms with Gasteiger partial charge < -0.3 is 27.9 Å². The first-order valence-electron chi connectivity index (χ1n) is 10.4. The molecule has 0 saturated carbocycles. The molecule has 1 saturated heterocycles. The summed E-state index contributed by atoms with van der Waals surface area (Å²) < 4.78 is 55.3. The van der Waals surface area contributed by atoms with Crippen molar-refractivity contribution in [2.75, 3.05) is 26.8 Å². The highest BCUT2D eigenvalue weighted by Crippen LogP contribution is 2.43. The van der Waals surface area contributed by atoms with E-state index < -0.39 is 34.0 Å². The number of methoxy groups -OCH3 is 1. The molecule has 4 rings (SSSR count). The van der Waals surface area contributed by atoms with Gasteiger partial charge in [-0.05, 0) is 42.3 Å². The van der Waals surface area contributed by atoms with Gasteiger partial charge in [0.2, 0.25) is 6.79 Å². The maximum absolute atomic E-state index is 12.5. The zero-order chi connectivity index (χ0) is 24.5. The molecule has 2 aliphatic heterocycles. The van der Waals surface area contributed by atoms with Gasteiger partial charge in [-0.3, -0.25) is 9.59 Å². The minimum atomic E-state index is -3.77. The maximum atomic E-state index is 12.5. The van der Waals surface area contributed by atoms with Gasteiger partial charge >= 0.3 is 16.1 Å². The standard InChI is InChI=1S/C23H24O10S/c1-13(24)21-16(11-29-10-14-4-6-17-20(8-14)31-12-30-17)22(32-23(21)25)15-5-7-18(19(9-15)28-2)33-34(3,26)27/h4-9,16,21-22H,10-12H2,1-3H3/t16-,21?,22+/m0/s1. The van der Waals surface area contributed by atoms with Crippen LogP contribution in [0.1, 0.15) is 24.2 Å². The average Bonchev–Trinajstić information content (AvgIpc) is 3.36. The number of hydrogen-bond acceptors (Lipinski definition) is 10. The third kappa shape index (κ3) is 5.10. The Morgan fingerprint density at radius 1 is 1.09 bits per heavy atom. The molecular formula is C23H24O10S. The molecule has 11 heteroatoms. The van der Waals surface area contributed by atoms with Crippen LogP contribution in [0.25, 0.3) is 0 Å². The fourth-order valence-electron chi connectivity index (χ4n) is 4.04. The van der Waals surface area contributed by atoms with Crippen LogP contribution in [-0.2, 0) is 35.8 Å². The number of Topliss-reactive ketones (excluding diaryl/α,β-unsaturated/α-hetero) is 1. The van der Waals surface area contributed by atoms with E-state index in [1.54, 1.807) is 12.1 Å². The molecule has 0 amide bonds. The summed E-state index contributed by atoms with van der Waals surface area (Å²) >= 11 is 0. The fourth-order valence-corrected chi connectivity index (χ4v) is 4.50. The zero-order valence-electron chi connectivity index (χ0n) is 18.8. The van der Waals surface area contributed by atoms with Gasteiger partial charge in [0.1, 0.15) is 17.8 Å². The lowest BCUT2D eigenvalue weighted by Gasteiger charge is -2.21. The zero-order valence-corrected chi connectivity index (χ0v) is 19.6. The molecule has 0 N–H and O–H groups in total. The monoisotopic (exact) mass is 492 g/mol. The Kier molecular flexibility index (Phi) is 6.67. The number of cyclic esters (lactones) is 1. The molecule has 1 unspecified atom stereocenters. The van der Waals surface area contributed by atoms with Crippen LogP contribution in [0.4, 0.5) is 0 Å². The first-order valence-corrected chi connectivity index (χ1v) is 12.2. The van der Waals surface area contributed by atoms with E-state index in [1.807, 2.05) is 12.1 Å². The van der Waals surface area contributed by atoms with E-state index in [1.165, 1.54) is 26.2 Å². The number of fused-ring (bicyclic) bond motifs is 1. The Morgan fingerprint density at radius 3 is 2.56 bits per heavy atom. The molecule has 0 aliphatic carbocycles. The number of carbonyl (C=O) groups is 2. The molecule has 1 fully saturated rings. The molecule has 2 aromatic rings. The Balaban J connectivity index is 1.53. The van der Waals surface area contributed by atoms with Gasteiger partial charge in [0.05, 0.1) is 26.6 Å². The van der Waals surface area contributed by atoms with Crippen molar-refractivity contribution in [1.29, 1.82) is 0 Å². The predicted molar refractivity (Wildman–Crippen MR) is 117 cm³/mol. The molecule has 2 aliphatic rings. The van der Waals surface area contributed by atoms with Crippen molar-refractivity contribution in [3.8, 4) is 23.0 Å². The van der Waals surface area contributed by atoms with E-state index in [0.29, 0.717) is 17.1 Å². The van der Waals surface area contributed by atoms with Crippen molar-refractivity contribution in [3.05, 3.63) is 47.5 Å². The van der Waals surface area contributed by atoms with Crippen molar-refractivity contribution in [3.63, 3.8) is 0 Å². The number of esters is 1. The van der Waals surface area contributed by atoms with Crippen molar-refractivity contribution < 1.29 is 45.9 Å². The minimum absolute atomic E-state index is 0.00296. The fraction of sp³-hybridized carbons (Fsp3) is 0.391. The highest BCUT2D eigenvalue weighted by Gasteiger charge is 2.48. The first-order chi connectivity index (χ1) is 16.2. The van der Waals surface area contributed by atoms with E-state index in [4.69, 9.17) is 27.9 Å². The number of rotatable bonds is 9. The van der Waals surface area contributed by atoms with Crippen LogP contribution in [0.3, 0.4) is 0 Å². The van der Waals surface area contributed by atoms with Gasteiger partial charge in [0.15, 0.2) is 23.0 Å². The molecule has 3 atom stereocenters. The third-order valence-corrected chi connectivity index (χ3v) is 6.01. The largest absolute Gasteiger partial charge is 0.493 e. The van der Waals surface area contributed by atoms with Gasteiger partial charge in [-0.1, -0.05) is 12.1 Å². The van der Waals surface area contributed by atoms with E-state index in [9.17, 15) is 18.0 Å². The average molecular weight is 493 g/mol. The summed E-state index contributed by atoms with van der Waals surface area (Å²) in [5.74, 6) is -1.11. The second kappa shape index (κ2) is 9.51. The predicted octanol–water partition coefficient (Wildman–Crippen LogP) is 2.40. The number of hydrogen-bond donors (Lipinski definition) is 0. The van der Waals surface area contributed by atoms with E-state index in [0.717, 1.165) is 11.8 Å². The topological polar surface area (TPSA) is 124 Å². The summed E-state index contributed by atoms with van der Waals surface area (Å²) in [6.07, 6.45) is 0.128. The molecule has 0 bridgehead atoms. The Labute approximate surface area is 196 Å². The summed E-state index contributed by atoms with van der Waals surface area (Å²) in [7, 11) is -2.41. The van der Waals surface area contributed by atoms with Gasteiger partial charge in [0.25, 0.3) is 0 Å². The van der Waals surface area contributed by atoms with E-state index >= 15 is 0 Å². The first kappa shape index (κ1) is 23.8. The minimum Gasteiger partial charge on any atom is -0.493 e. The lowest BCUT2D eigenvalue weighted by molar-refractivity contribution is -0.146. The highest BCUT2D eigenvalue weighted by atomic mass is 32.2. The van der Waals surface area contributed by atoms with Crippen LogP contribution in [0, 0.1) is 11.8 Å². The molecule has 182 valence electrons. The molecule has 2 heterocycles. The highest BCUT2D eigenvalue weighted by molar-refractivity contribution is 7.86. The summed E-state index contributed by atoms with van der Waals surface area (Å²) in [6, 6.07) is 9.94. The summed E-state index contributed by atoms with van der Waals surface area (Å²) in [4.78, 5) is 24.8. The van der Waals surface area contributed by atoms with E-state index in [-0.39, 0.29) is 37.3 Å². The van der Waals surface area contributed by atoms with E-state index in [2.05, 4.69) is 0 Å². The van der Waals surface area contributed by atoms with Crippen LogP contribution in [0.5, 0.6) is 23.0 Å². The van der Waals surface area contributed by atoms with Crippen LogP contribution in [0.2, 0.25) is 0 Å². The summed E-state index contributed by atoms with van der Waals surface area (Å²) in [6.45, 7) is 1.80. The molecule has 0 spiro atoms. The normalized spacial score (nSPS) is 21.3. The molecule has 10 nitrogen and oxygen atoms in total. The Hall–Kier alpha value is -3.31. The van der Waals surface area contributed by atoms with Crippen LogP contribution < -0.4 is 18.4 Å². The number of carbonyl (C=O) groups excluding carboxylic acids is 2. The molecule has 34 heavy (non-hydrogen) atoms.